The van der Waals surface area contributed by atoms with Crippen molar-refractivity contribution in [2.75, 3.05) is 0 Å². The van der Waals surface area contributed by atoms with Crippen LogP contribution in [-0.2, 0) is 19.3 Å². The van der Waals surface area contributed by atoms with Gasteiger partial charge in [-0.2, -0.15) is 0 Å². The van der Waals surface area contributed by atoms with Crippen LogP contribution in [0, 0.1) is 5.92 Å². The van der Waals surface area contributed by atoms with E-state index in [1.54, 1.807) is 0 Å². The minimum Gasteiger partial charge on any atom is -0.236 e. The fourth-order valence-corrected chi connectivity index (χ4v) is 4.31. The second kappa shape index (κ2) is 10.6. The molecule has 0 amide bonds. The number of hydrogen-bond acceptors (Lipinski definition) is 2. The number of hydrogen-bond donors (Lipinski definition) is 0. The predicted molar refractivity (Wildman–Crippen MR) is 115 cm³/mol. The zero-order valence-corrected chi connectivity index (χ0v) is 17.3. The standard InChI is InChI=1S/C25H36N2/c1-3-5-6-7-8-9-11-20-12-15-22(16-13-20)25-26-19-23-18-21(10-4-2)14-17-24(23)27-25/h12-13,15-16,19,21H,3-11,14,17-18H2,1-2H3. The second-order valence-electron chi connectivity index (χ2n) is 8.28. The molecule has 1 unspecified atom stereocenters. The van der Waals surface area contributed by atoms with Crippen molar-refractivity contribution in [3.05, 3.63) is 47.3 Å². The van der Waals surface area contributed by atoms with E-state index in [9.17, 15) is 0 Å². The summed E-state index contributed by atoms with van der Waals surface area (Å²) in [7, 11) is 0. The van der Waals surface area contributed by atoms with Crippen molar-refractivity contribution in [2.45, 2.75) is 90.9 Å². The Hall–Kier alpha value is -1.70. The van der Waals surface area contributed by atoms with Gasteiger partial charge in [-0.1, -0.05) is 83.1 Å². The van der Waals surface area contributed by atoms with Crippen LogP contribution < -0.4 is 0 Å². The average molecular weight is 365 g/mol. The molecule has 1 aromatic carbocycles. The maximum Gasteiger partial charge on any atom is 0.159 e. The first-order valence-electron chi connectivity index (χ1n) is 11.2. The van der Waals surface area contributed by atoms with Crippen LogP contribution in [0.2, 0.25) is 0 Å². The lowest BCUT2D eigenvalue weighted by molar-refractivity contribution is 0.417. The molecule has 1 aliphatic rings. The van der Waals surface area contributed by atoms with Crippen molar-refractivity contribution >= 4 is 0 Å². The third-order valence-electron chi connectivity index (χ3n) is 5.98. The highest BCUT2D eigenvalue weighted by Gasteiger charge is 2.20. The SMILES string of the molecule is CCCCCCCCc1ccc(-c2ncc3c(n2)CCC(CCC)C3)cc1. The molecule has 0 fully saturated rings. The molecule has 0 spiro atoms. The van der Waals surface area contributed by atoms with E-state index in [0.29, 0.717) is 0 Å². The second-order valence-corrected chi connectivity index (χ2v) is 8.28. The highest BCUT2D eigenvalue weighted by molar-refractivity contribution is 5.55. The lowest BCUT2D eigenvalue weighted by atomic mass is 9.84. The first-order chi connectivity index (χ1) is 13.3. The monoisotopic (exact) mass is 364 g/mol. The van der Waals surface area contributed by atoms with Crippen LogP contribution in [0.5, 0.6) is 0 Å². The molecular formula is C25H36N2. The van der Waals surface area contributed by atoms with E-state index in [0.717, 1.165) is 23.7 Å². The largest absolute Gasteiger partial charge is 0.236 e. The third kappa shape index (κ3) is 5.89. The number of nitrogens with zero attached hydrogens (tertiary/aromatic N) is 2. The summed E-state index contributed by atoms with van der Waals surface area (Å²) >= 11 is 0. The normalized spacial score (nSPS) is 16.3. The molecule has 0 N–H and O–H groups in total. The summed E-state index contributed by atoms with van der Waals surface area (Å²) < 4.78 is 0. The molecule has 0 saturated heterocycles. The summed E-state index contributed by atoms with van der Waals surface area (Å²) in [6.45, 7) is 4.56. The molecule has 0 aliphatic heterocycles. The molecule has 2 nitrogen and oxygen atoms in total. The molecule has 1 atom stereocenters. The number of unbranched alkanes of at least 4 members (excludes halogenated alkanes) is 5. The highest BCUT2D eigenvalue weighted by Crippen LogP contribution is 2.28. The molecule has 3 rings (SSSR count). The van der Waals surface area contributed by atoms with Crippen LogP contribution in [0.3, 0.4) is 0 Å². The maximum atomic E-state index is 4.90. The molecule has 146 valence electrons. The maximum absolute atomic E-state index is 4.90. The van der Waals surface area contributed by atoms with E-state index in [4.69, 9.17) is 4.98 Å². The van der Waals surface area contributed by atoms with Crippen molar-refractivity contribution in [1.29, 1.82) is 0 Å². The fraction of sp³-hybridized carbons (Fsp3) is 0.600. The van der Waals surface area contributed by atoms with Crippen LogP contribution in [0.15, 0.2) is 30.5 Å². The van der Waals surface area contributed by atoms with E-state index >= 15 is 0 Å². The lowest BCUT2D eigenvalue weighted by Crippen LogP contribution is -2.16. The van der Waals surface area contributed by atoms with Gasteiger partial charge in [0.15, 0.2) is 5.82 Å². The van der Waals surface area contributed by atoms with Crippen LogP contribution in [0.25, 0.3) is 11.4 Å². The Morgan fingerprint density at radius 3 is 2.48 bits per heavy atom. The number of rotatable bonds is 10. The zero-order valence-electron chi connectivity index (χ0n) is 17.3. The summed E-state index contributed by atoms with van der Waals surface area (Å²) in [6.07, 6.45) is 17.6. The van der Waals surface area contributed by atoms with Crippen LogP contribution >= 0.6 is 0 Å². The molecule has 0 saturated carbocycles. The quantitative estimate of drug-likeness (QED) is 0.426. The van der Waals surface area contributed by atoms with Gasteiger partial charge < -0.3 is 0 Å². The summed E-state index contributed by atoms with van der Waals surface area (Å²) in [6, 6.07) is 8.94. The molecular weight excluding hydrogens is 328 g/mol. The fourth-order valence-electron chi connectivity index (χ4n) is 4.31. The Bertz CT molecular complexity index is 690. The van der Waals surface area contributed by atoms with Gasteiger partial charge in [0.05, 0.1) is 0 Å². The first kappa shape index (κ1) is 20.0. The van der Waals surface area contributed by atoms with Crippen LogP contribution in [0.1, 0.15) is 88.5 Å². The summed E-state index contributed by atoms with van der Waals surface area (Å²) in [4.78, 5) is 9.58. The number of benzene rings is 1. The van der Waals surface area contributed by atoms with Gasteiger partial charge in [0, 0.05) is 17.5 Å². The van der Waals surface area contributed by atoms with Crippen LogP contribution in [0.4, 0.5) is 0 Å². The van der Waals surface area contributed by atoms with Gasteiger partial charge in [-0.3, -0.25) is 0 Å². The Kier molecular flexibility index (Phi) is 7.86. The first-order valence-corrected chi connectivity index (χ1v) is 11.2. The number of aryl methyl sites for hydroxylation is 2. The molecule has 0 bridgehead atoms. The Morgan fingerprint density at radius 1 is 0.926 bits per heavy atom. The number of aromatic nitrogens is 2. The van der Waals surface area contributed by atoms with E-state index in [1.807, 2.05) is 0 Å². The molecule has 2 aromatic rings. The Morgan fingerprint density at radius 2 is 1.70 bits per heavy atom. The van der Waals surface area contributed by atoms with E-state index in [2.05, 4.69) is 49.3 Å². The molecule has 1 aliphatic carbocycles. The van der Waals surface area contributed by atoms with Crippen molar-refractivity contribution in [1.82, 2.24) is 9.97 Å². The third-order valence-corrected chi connectivity index (χ3v) is 5.98. The van der Waals surface area contributed by atoms with Gasteiger partial charge in [-0.25, -0.2) is 9.97 Å². The van der Waals surface area contributed by atoms with E-state index < -0.39 is 0 Å². The number of fused-ring (bicyclic) bond motifs is 1. The highest BCUT2D eigenvalue weighted by atomic mass is 14.9. The zero-order chi connectivity index (χ0) is 18.9. The molecule has 27 heavy (non-hydrogen) atoms. The predicted octanol–water partition coefficient (Wildman–Crippen LogP) is 6.95. The van der Waals surface area contributed by atoms with Gasteiger partial charge in [-0.05, 0) is 49.1 Å². The van der Waals surface area contributed by atoms with Gasteiger partial charge in [-0.15, -0.1) is 0 Å². The Balaban J connectivity index is 1.54. The van der Waals surface area contributed by atoms with Gasteiger partial charge >= 0.3 is 0 Å². The minimum absolute atomic E-state index is 0.832. The molecule has 2 heteroatoms. The van der Waals surface area contributed by atoms with Crippen LogP contribution in [-0.4, -0.2) is 9.97 Å². The van der Waals surface area contributed by atoms with Gasteiger partial charge in [0.1, 0.15) is 0 Å². The molecule has 1 aromatic heterocycles. The van der Waals surface area contributed by atoms with Crippen molar-refractivity contribution < 1.29 is 0 Å². The molecule has 0 radical (unpaired) electrons. The van der Waals surface area contributed by atoms with Crippen molar-refractivity contribution in [3.8, 4) is 11.4 Å². The van der Waals surface area contributed by atoms with E-state index in [1.165, 1.54) is 87.4 Å². The Labute approximate surface area is 165 Å². The minimum atomic E-state index is 0.832. The molecule has 1 heterocycles. The van der Waals surface area contributed by atoms with Crippen molar-refractivity contribution in [2.24, 2.45) is 5.92 Å². The summed E-state index contributed by atoms with van der Waals surface area (Å²) in [5.74, 6) is 1.73. The van der Waals surface area contributed by atoms with Gasteiger partial charge in [0.2, 0.25) is 0 Å². The average Bonchev–Trinajstić information content (AvgIpc) is 2.71. The van der Waals surface area contributed by atoms with Crippen molar-refractivity contribution in [3.63, 3.8) is 0 Å². The van der Waals surface area contributed by atoms with Gasteiger partial charge in [0.25, 0.3) is 0 Å². The topological polar surface area (TPSA) is 25.8 Å². The summed E-state index contributed by atoms with van der Waals surface area (Å²) in [5.41, 5.74) is 5.25. The lowest BCUT2D eigenvalue weighted by Gasteiger charge is -2.23. The smallest absolute Gasteiger partial charge is 0.159 e. The summed E-state index contributed by atoms with van der Waals surface area (Å²) in [5, 5.41) is 0. The van der Waals surface area contributed by atoms with E-state index in [-0.39, 0.29) is 0 Å².